The summed E-state index contributed by atoms with van der Waals surface area (Å²) in [6.45, 7) is 1.72. The third-order valence-electron chi connectivity index (χ3n) is 6.95. The monoisotopic (exact) mass is 442 g/mol. The van der Waals surface area contributed by atoms with Gasteiger partial charge >= 0.3 is 5.97 Å². The second kappa shape index (κ2) is 8.90. The van der Waals surface area contributed by atoms with Crippen LogP contribution in [0.4, 0.5) is 5.69 Å². The first-order valence-corrected chi connectivity index (χ1v) is 11.3. The molecule has 0 bridgehead atoms. The summed E-state index contributed by atoms with van der Waals surface area (Å²) >= 11 is 0. The zero-order chi connectivity index (χ0) is 22.9. The van der Waals surface area contributed by atoms with Crippen molar-refractivity contribution in [2.24, 2.45) is 10.2 Å². The van der Waals surface area contributed by atoms with E-state index < -0.39 is 11.4 Å². The molecule has 9 heteroatoms. The lowest BCUT2D eigenvalue weighted by Crippen LogP contribution is -2.39. The fourth-order valence-electron chi connectivity index (χ4n) is 5.08. The molecule has 172 valence electrons. The lowest BCUT2D eigenvalue weighted by Gasteiger charge is -2.34. The highest BCUT2D eigenvalue weighted by atomic mass is 16.4. The van der Waals surface area contributed by atoms with E-state index in [1.54, 1.807) is 19.1 Å². The molecular formula is C23H30N4O5. The SMILES string of the molecule is CC1=NN(C2CCC(O)CC2)C(=O)C1=NNc1ccc(C2(C(=O)O)CCCCC2)c(O)c1. The number of nitrogens with one attached hydrogen (secondary N) is 1. The number of carbonyl (C=O) groups excluding carboxylic acids is 1. The Morgan fingerprint density at radius 1 is 1.19 bits per heavy atom. The number of phenols is 1. The van der Waals surface area contributed by atoms with Gasteiger partial charge in [0.15, 0.2) is 5.71 Å². The van der Waals surface area contributed by atoms with E-state index in [9.17, 15) is 24.9 Å². The molecule has 2 fully saturated rings. The summed E-state index contributed by atoms with van der Waals surface area (Å²) in [6, 6.07) is 4.71. The number of nitrogens with zero attached hydrogens (tertiary/aromatic N) is 3. The van der Waals surface area contributed by atoms with Crippen LogP contribution in [0.2, 0.25) is 0 Å². The molecule has 3 aliphatic rings. The van der Waals surface area contributed by atoms with Crippen LogP contribution in [0, 0.1) is 0 Å². The maximum absolute atomic E-state index is 12.8. The van der Waals surface area contributed by atoms with Gasteiger partial charge in [0, 0.05) is 11.6 Å². The van der Waals surface area contributed by atoms with Gasteiger partial charge in [0.25, 0.3) is 5.91 Å². The first kappa shape index (κ1) is 22.3. The number of hydrazone groups is 2. The van der Waals surface area contributed by atoms with Crippen LogP contribution in [0.3, 0.4) is 0 Å². The Labute approximate surface area is 186 Å². The number of aliphatic carboxylic acids is 1. The van der Waals surface area contributed by atoms with Crippen molar-refractivity contribution in [2.45, 2.75) is 82.3 Å². The molecule has 4 rings (SSSR count). The van der Waals surface area contributed by atoms with E-state index in [4.69, 9.17) is 0 Å². The van der Waals surface area contributed by atoms with Gasteiger partial charge in [-0.05, 0) is 51.5 Å². The number of amides is 1. The van der Waals surface area contributed by atoms with Crippen LogP contribution >= 0.6 is 0 Å². The normalized spacial score (nSPS) is 26.8. The van der Waals surface area contributed by atoms with Crippen LogP contribution in [-0.4, -0.2) is 55.8 Å². The molecule has 0 saturated heterocycles. The van der Waals surface area contributed by atoms with Gasteiger partial charge in [-0.3, -0.25) is 15.0 Å². The molecule has 2 aliphatic carbocycles. The zero-order valence-electron chi connectivity index (χ0n) is 18.3. The number of anilines is 1. The second-order valence-electron chi connectivity index (χ2n) is 9.05. The number of rotatable bonds is 5. The second-order valence-corrected chi connectivity index (χ2v) is 9.05. The summed E-state index contributed by atoms with van der Waals surface area (Å²) in [6.07, 6.45) is 6.03. The molecule has 9 nitrogen and oxygen atoms in total. The summed E-state index contributed by atoms with van der Waals surface area (Å²) in [7, 11) is 0. The van der Waals surface area contributed by atoms with Gasteiger partial charge in [-0.2, -0.15) is 10.2 Å². The Hall–Kier alpha value is -2.94. The summed E-state index contributed by atoms with van der Waals surface area (Å²) in [5, 5.41) is 40.2. The number of carbonyl (C=O) groups is 2. The van der Waals surface area contributed by atoms with E-state index in [2.05, 4.69) is 15.6 Å². The topological polar surface area (TPSA) is 135 Å². The number of phenolic OH excluding ortho intramolecular Hbond substituents is 1. The Kier molecular flexibility index (Phi) is 6.19. The molecule has 0 radical (unpaired) electrons. The van der Waals surface area contributed by atoms with Crippen LogP contribution in [0.25, 0.3) is 0 Å². The highest BCUT2D eigenvalue weighted by molar-refractivity contribution is 6.68. The van der Waals surface area contributed by atoms with Crippen molar-refractivity contribution in [3.05, 3.63) is 23.8 Å². The quantitative estimate of drug-likeness (QED) is 0.518. The van der Waals surface area contributed by atoms with E-state index in [-0.39, 0.29) is 29.5 Å². The lowest BCUT2D eigenvalue weighted by molar-refractivity contribution is -0.145. The molecular weight excluding hydrogens is 412 g/mol. The zero-order valence-corrected chi connectivity index (χ0v) is 18.3. The number of aromatic hydroxyl groups is 1. The third-order valence-corrected chi connectivity index (χ3v) is 6.95. The largest absolute Gasteiger partial charge is 0.508 e. The summed E-state index contributed by atoms with van der Waals surface area (Å²) in [4.78, 5) is 24.9. The Bertz CT molecular complexity index is 959. The van der Waals surface area contributed by atoms with Crippen LogP contribution in [-0.2, 0) is 15.0 Å². The minimum Gasteiger partial charge on any atom is -0.508 e. The fraction of sp³-hybridized carbons (Fsp3) is 0.565. The molecule has 1 aliphatic heterocycles. The van der Waals surface area contributed by atoms with Crippen molar-refractivity contribution in [1.29, 1.82) is 0 Å². The minimum atomic E-state index is -1.06. The van der Waals surface area contributed by atoms with E-state index >= 15 is 0 Å². The molecule has 2 saturated carbocycles. The van der Waals surface area contributed by atoms with E-state index in [0.717, 1.165) is 19.3 Å². The fourth-order valence-corrected chi connectivity index (χ4v) is 5.08. The smallest absolute Gasteiger partial charge is 0.314 e. The number of benzene rings is 1. The summed E-state index contributed by atoms with van der Waals surface area (Å²) in [5.74, 6) is -1.29. The van der Waals surface area contributed by atoms with Crippen LogP contribution in [0.15, 0.2) is 28.4 Å². The number of aliphatic hydroxyl groups is 1. The molecule has 0 aromatic heterocycles. The van der Waals surface area contributed by atoms with Gasteiger partial charge in [0.2, 0.25) is 0 Å². The first-order valence-electron chi connectivity index (χ1n) is 11.3. The van der Waals surface area contributed by atoms with Crippen LogP contribution < -0.4 is 5.43 Å². The average molecular weight is 443 g/mol. The molecule has 1 aromatic rings. The van der Waals surface area contributed by atoms with Crippen molar-refractivity contribution in [1.82, 2.24) is 5.01 Å². The average Bonchev–Trinajstić information content (AvgIpc) is 3.06. The van der Waals surface area contributed by atoms with Gasteiger partial charge in [0.1, 0.15) is 5.75 Å². The molecule has 0 atom stereocenters. The standard InChI is InChI=1S/C23H30N4O5/c1-14-20(21(30)27(26-14)16-6-8-17(28)9-7-16)25-24-15-5-10-18(19(29)13-15)23(22(31)32)11-3-2-4-12-23/h5,10,13,16-17,24,28-29H,2-4,6-9,11-12H2,1H3,(H,31,32). The maximum atomic E-state index is 12.8. The van der Waals surface area contributed by atoms with E-state index in [0.29, 0.717) is 55.5 Å². The summed E-state index contributed by atoms with van der Waals surface area (Å²) in [5.41, 5.74) is 3.32. The van der Waals surface area contributed by atoms with Crippen molar-refractivity contribution in [2.75, 3.05) is 5.43 Å². The van der Waals surface area contributed by atoms with Gasteiger partial charge in [-0.1, -0.05) is 25.3 Å². The molecule has 1 heterocycles. The third kappa shape index (κ3) is 4.09. The summed E-state index contributed by atoms with van der Waals surface area (Å²) < 4.78 is 0. The van der Waals surface area contributed by atoms with Gasteiger partial charge in [-0.15, -0.1) is 0 Å². The Morgan fingerprint density at radius 3 is 2.50 bits per heavy atom. The first-order chi connectivity index (χ1) is 15.3. The van der Waals surface area contributed by atoms with E-state index in [1.165, 1.54) is 11.1 Å². The van der Waals surface area contributed by atoms with Crippen LogP contribution in [0.1, 0.15) is 70.3 Å². The Morgan fingerprint density at radius 2 is 1.88 bits per heavy atom. The lowest BCUT2D eigenvalue weighted by atomic mass is 9.69. The van der Waals surface area contributed by atoms with Crippen LogP contribution in [0.5, 0.6) is 5.75 Å². The molecule has 32 heavy (non-hydrogen) atoms. The number of carboxylic acid groups (broad SMARTS) is 1. The number of hydrogen-bond donors (Lipinski definition) is 4. The number of aliphatic hydroxyl groups excluding tert-OH is 1. The predicted octanol–water partition coefficient (Wildman–Crippen LogP) is 2.97. The molecule has 4 N–H and O–H groups in total. The van der Waals surface area contributed by atoms with Crippen molar-refractivity contribution >= 4 is 29.0 Å². The molecule has 1 amide bonds. The molecule has 1 aromatic carbocycles. The molecule has 0 spiro atoms. The minimum absolute atomic E-state index is 0.0421. The number of hydrogen-bond acceptors (Lipinski definition) is 7. The Balaban J connectivity index is 1.49. The maximum Gasteiger partial charge on any atom is 0.314 e. The van der Waals surface area contributed by atoms with Crippen molar-refractivity contribution in [3.8, 4) is 5.75 Å². The van der Waals surface area contributed by atoms with Gasteiger partial charge < -0.3 is 15.3 Å². The van der Waals surface area contributed by atoms with Crippen molar-refractivity contribution in [3.63, 3.8) is 0 Å². The van der Waals surface area contributed by atoms with Gasteiger partial charge in [-0.25, -0.2) is 5.01 Å². The number of carboxylic acids is 1. The van der Waals surface area contributed by atoms with Gasteiger partial charge in [0.05, 0.1) is 29.0 Å². The van der Waals surface area contributed by atoms with E-state index in [1.807, 2.05) is 0 Å². The van der Waals surface area contributed by atoms with Crippen molar-refractivity contribution < 1.29 is 24.9 Å². The highest BCUT2D eigenvalue weighted by Gasteiger charge is 2.43. The highest BCUT2D eigenvalue weighted by Crippen LogP contribution is 2.44. The molecule has 0 unspecified atom stereocenters. The predicted molar refractivity (Wildman–Crippen MR) is 120 cm³/mol.